The van der Waals surface area contributed by atoms with E-state index < -0.39 is 0 Å². The Morgan fingerprint density at radius 2 is 1.69 bits per heavy atom. The second kappa shape index (κ2) is 8.15. The van der Waals surface area contributed by atoms with E-state index in [9.17, 15) is 4.39 Å². The number of benzene rings is 1. The van der Waals surface area contributed by atoms with E-state index in [1.165, 1.54) is 30.1 Å². The number of aromatic nitrogens is 3. The van der Waals surface area contributed by atoms with Gasteiger partial charge in [0.15, 0.2) is 0 Å². The molecule has 0 bridgehead atoms. The maximum Gasteiger partial charge on any atom is 0.225 e. The van der Waals surface area contributed by atoms with Gasteiger partial charge >= 0.3 is 0 Å². The molecule has 1 N–H and O–H groups in total. The summed E-state index contributed by atoms with van der Waals surface area (Å²) in [5, 5.41) is 9.07. The third kappa shape index (κ3) is 4.21. The van der Waals surface area contributed by atoms with Crippen molar-refractivity contribution in [1.82, 2.24) is 15.0 Å². The lowest BCUT2D eigenvalue weighted by atomic mass is 10.1. The number of aryl methyl sites for hydroxylation is 1. The number of phenols is 1. The van der Waals surface area contributed by atoms with E-state index in [1.807, 2.05) is 12.4 Å². The molecule has 2 fully saturated rings. The highest BCUT2D eigenvalue weighted by Crippen LogP contribution is 2.51. The predicted octanol–water partition coefficient (Wildman–Crippen LogP) is 4.33. The number of phenolic OH excluding ortho intramolecular Hbond substituents is 1. The van der Waals surface area contributed by atoms with Crippen LogP contribution in [0.1, 0.15) is 19.4 Å². The minimum atomic E-state index is -0.363. The molecule has 3 atom stereocenters. The van der Waals surface area contributed by atoms with E-state index in [4.69, 9.17) is 5.11 Å². The van der Waals surface area contributed by atoms with Crippen LogP contribution >= 0.6 is 0 Å². The molecule has 1 saturated carbocycles. The molecule has 29 heavy (non-hydrogen) atoms. The van der Waals surface area contributed by atoms with Crippen LogP contribution in [0.3, 0.4) is 0 Å². The Labute approximate surface area is 170 Å². The van der Waals surface area contributed by atoms with Crippen molar-refractivity contribution in [3.05, 3.63) is 66.5 Å². The molecular weight excluding hydrogens is 367 g/mol. The molecule has 5 rings (SSSR count). The van der Waals surface area contributed by atoms with Crippen molar-refractivity contribution >= 4 is 5.95 Å². The topological polar surface area (TPSA) is 62.1 Å². The first kappa shape index (κ1) is 19.3. The first-order chi connectivity index (χ1) is 14.1. The lowest BCUT2D eigenvalue weighted by molar-refractivity contribution is 0.475. The minimum absolute atomic E-state index is 0.170. The van der Waals surface area contributed by atoms with Gasteiger partial charge in [0.1, 0.15) is 11.6 Å². The number of anilines is 1. The zero-order chi connectivity index (χ0) is 20.4. The van der Waals surface area contributed by atoms with Crippen LogP contribution in [-0.4, -0.2) is 33.1 Å². The van der Waals surface area contributed by atoms with Crippen LogP contribution in [0.5, 0.6) is 5.75 Å². The highest BCUT2D eigenvalue weighted by molar-refractivity contribution is 5.64. The standard InChI is InChI=1S/C12H17N3.C11H8FNO/c1-3-9-4-13-12(14-5-9)15-6-10-8(2)11(10)7-15;12-11-7-13-6-5-10(11)8-1-3-9(14)4-2-8/h4-5,8,10-11H,3,6-7H2,1-2H3;1-7,14H/t8?,10-,11+;. The lowest BCUT2D eigenvalue weighted by Crippen LogP contribution is -2.25. The molecule has 2 aliphatic rings. The van der Waals surface area contributed by atoms with Crippen molar-refractivity contribution in [2.24, 2.45) is 17.8 Å². The molecule has 5 nitrogen and oxygen atoms in total. The first-order valence-corrected chi connectivity index (χ1v) is 10.0. The molecular formula is C23H25FN4O. The fourth-order valence-electron chi connectivity index (χ4n) is 3.93. The fraction of sp³-hybridized carbons (Fsp3) is 0.348. The second-order valence-electron chi connectivity index (χ2n) is 7.74. The maximum atomic E-state index is 13.3. The summed E-state index contributed by atoms with van der Waals surface area (Å²) in [6, 6.07) is 7.97. The number of hydrogen-bond donors (Lipinski definition) is 1. The zero-order valence-electron chi connectivity index (χ0n) is 16.7. The van der Waals surface area contributed by atoms with Crippen LogP contribution in [-0.2, 0) is 6.42 Å². The Kier molecular flexibility index (Phi) is 5.43. The van der Waals surface area contributed by atoms with Crippen LogP contribution in [0, 0.1) is 23.6 Å². The van der Waals surface area contributed by atoms with Gasteiger partial charge in [-0.15, -0.1) is 0 Å². The molecule has 1 unspecified atom stereocenters. The second-order valence-corrected chi connectivity index (χ2v) is 7.74. The van der Waals surface area contributed by atoms with Crippen LogP contribution in [0.2, 0.25) is 0 Å². The van der Waals surface area contributed by atoms with Gasteiger partial charge in [0.05, 0.1) is 6.20 Å². The molecule has 150 valence electrons. The maximum absolute atomic E-state index is 13.3. The van der Waals surface area contributed by atoms with E-state index >= 15 is 0 Å². The summed E-state index contributed by atoms with van der Waals surface area (Å²) in [4.78, 5) is 14.8. The Balaban J connectivity index is 0.000000142. The van der Waals surface area contributed by atoms with E-state index in [-0.39, 0.29) is 11.6 Å². The number of pyridine rings is 1. The average molecular weight is 392 g/mol. The number of aromatic hydroxyl groups is 1. The third-order valence-corrected chi connectivity index (χ3v) is 5.96. The molecule has 1 saturated heterocycles. The highest BCUT2D eigenvalue weighted by atomic mass is 19.1. The molecule has 1 aliphatic heterocycles. The summed E-state index contributed by atoms with van der Waals surface area (Å²) in [6.07, 6.45) is 7.63. The summed E-state index contributed by atoms with van der Waals surface area (Å²) in [7, 11) is 0. The van der Waals surface area contributed by atoms with Gasteiger partial charge in [-0.2, -0.15) is 0 Å². The molecule has 2 aromatic heterocycles. The normalized spacial score (nSPS) is 21.9. The van der Waals surface area contributed by atoms with Crippen molar-refractivity contribution in [2.45, 2.75) is 20.3 Å². The monoisotopic (exact) mass is 392 g/mol. The van der Waals surface area contributed by atoms with Gasteiger partial charge in [0.2, 0.25) is 5.95 Å². The summed E-state index contributed by atoms with van der Waals surface area (Å²) in [5.74, 6) is 3.50. The highest BCUT2D eigenvalue weighted by Gasteiger charge is 2.53. The van der Waals surface area contributed by atoms with Gasteiger partial charge in [-0.1, -0.05) is 26.0 Å². The number of fused-ring (bicyclic) bond motifs is 1. The molecule has 0 amide bonds. The zero-order valence-corrected chi connectivity index (χ0v) is 16.7. The number of piperidine rings is 1. The van der Waals surface area contributed by atoms with Crippen LogP contribution in [0.4, 0.5) is 10.3 Å². The molecule has 6 heteroatoms. The quantitative estimate of drug-likeness (QED) is 0.719. The fourth-order valence-corrected chi connectivity index (χ4v) is 3.93. The van der Waals surface area contributed by atoms with Gasteiger partial charge in [-0.05, 0) is 53.5 Å². The molecule has 0 radical (unpaired) electrons. The van der Waals surface area contributed by atoms with Crippen molar-refractivity contribution < 1.29 is 9.50 Å². The van der Waals surface area contributed by atoms with Gasteiger partial charge in [-0.3, -0.25) is 4.98 Å². The molecule has 1 aliphatic carbocycles. The first-order valence-electron chi connectivity index (χ1n) is 10.0. The minimum Gasteiger partial charge on any atom is -0.508 e. The Morgan fingerprint density at radius 3 is 2.28 bits per heavy atom. The van der Waals surface area contributed by atoms with Gasteiger partial charge < -0.3 is 10.0 Å². The predicted molar refractivity (Wildman–Crippen MR) is 111 cm³/mol. The van der Waals surface area contributed by atoms with Crippen molar-refractivity contribution in [3.8, 4) is 16.9 Å². The van der Waals surface area contributed by atoms with Crippen LogP contribution in [0.15, 0.2) is 55.1 Å². The number of halogens is 1. The van der Waals surface area contributed by atoms with Crippen LogP contribution in [0.25, 0.3) is 11.1 Å². The largest absolute Gasteiger partial charge is 0.508 e. The van der Waals surface area contributed by atoms with Gasteiger partial charge in [0.25, 0.3) is 0 Å². The summed E-state index contributed by atoms with van der Waals surface area (Å²) in [6.45, 7) is 6.81. The van der Waals surface area contributed by atoms with Crippen LogP contribution < -0.4 is 4.90 Å². The van der Waals surface area contributed by atoms with Gasteiger partial charge in [-0.25, -0.2) is 14.4 Å². The van der Waals surface area contributed by atoms with Crippen molar-refractivity contribution in [1.29, 1.82) is 0 Å². The molecule has 3 heterocycles. The number of nitrogens with zero attached hydrogens (tertiary/aromatic N) is 4. The van der Waals surface area contributed by atoms with Crippen molar-refractivity contribution in [3.63, 3.8) is 0 Å². The third-order valence-electron chi connectivity index (χ3n) is 5.96. The van der Waals surface area contributed by atoms with E-state index in [2.05, 4.69) is 33.7 Å². The Morgan fingerprint density at radius 1 is 1.03 bits per heavy atom. The summed E-state index contributed by atoms with van der Waals surface area (Å²) < 4.78 is 13.3. The lowest BCUT2D eigenvalue weighted by Gasteiger charge is -2.18. The SMILES string of the molecule is CCc1cnc(N2C[C@@H]3C(C)[C@@H]3C2)nc1.Oc1ccc(-c2ccncc2F)cc1. The van der Waals surface area contributed by atoms with Crippen molar-refractivity contribution in [2.75, 3.05) is 18.0 Å². The number of hydrogen-bond acceptors (Lipinski definition) is 5. The summed E-state index contributed by atoms with van der Waals surface area (Å²) in [5.41, 5.74) is 2.43. The molecule has 0 spiro atoms. The van der Waals surface area contributed by atoms with E-state index in [1.54, 1.807) is 18.2 Å². The molecule has 1 aromatic carbocycles. The summed E-state index contributed by atoms with van der Waals surface area (Å²) >= 11 is 0. The average Bonchev–Trinajstić information content (AvgIpc) is 3.15. The van der Waals surface area contributed by atoms with Gasteiger partial charge in [0, 0.05) is 37.2 Å². The number of rotatable bonds is 3. The smallest absolute Gasteiger partial charge is 0.225 e. The van der Waals surface area contributed by atoms with E-state index in [0.717, 1.165) is 48.8 Å². The molecule has 3 aromatic rings. The van der Waals surface area contributed by atoms with E-state index in [0.29, 0.717) is 5.56 Å². The Bertz CT molecular complexity index is 949. The Hall–Kier alpha value is -3.02.